The highest BCUT2D eigenvalue weighted by atomic mass is 32.2. The molecule has 9 heteroatoms. The molecule has 0 bridgehead atoms. The molecule has 112 valence electrons. The summed E-state index contributed by atoms with van der Waals surface area (Å²) in [5.74, 6) is -0.397. The molecule has 0 radical (unpaired) electrons. The van der Waals surface area contributed by atoms with Crippen LogP contribution in [-0.4, -0.2) is 19.3 Å². The molecule has 0 aliphatic carbocycles. The maximum atomic E-state index is 12.1. The fourth-order valence-corrected chi connectivity index (χ4v) is 3.34. The van der Waals surface area contributed by atoms with Gasteiger partial charge in [0.25, 0.3) is 5.91 Å². The highest BCUT2D eigenvalue weighted by Gasteiger charge is 2.16. The second-order valence-electron chi connectivity index (χ2n) is 4.45. The normalized spacial score (nSPS) is 11.4. The van der Waals surface area contributed by atoms with Gasteiger partial charge in [0.1, 0.15) is 4.88 Å². The third-order valence-electron chi connectivity index (χ3n) is 2.77. The Morgan fingerprint density at radius 2 is 2.00 bits per heavy atom. The fourth-order valence-electron chi connectivity index (χ4n) is 1.80. The van der Waals surface area contributed by atoms with E-state index in [0.717, 1.165) is 11.3 Å². The van der Waals surface area contributed by atoms with Gasteiger partial charge in [-0.2, -0.15) is 0 Å². The molecule has 1 aromatic carbocycles. The van der Waals surface area contributed by atoms with Crippen LogP contribution in [0.1, 0.15) is 20.9 Å². The number of nitrogens with two attached hydrogens (primary N) is 2. The SMILES string of the molecule is Cc1ccc(NC(=O)c2sc(N)nc2C)cc1S(N)(=O)=O. The van der Waals surface area contributed by atoms with Gasteiger partial charge in [-0.1, -0.05) is 17.4 Å². The Morgan fingerprint density at radius 3 is 2.52 bits per heavy atom. The first kappa shape index (κ1) is 15.4. The highest BCUT2D eigenvalue weighted by molar-refractivity contribution is 7.89. The van der Waals surface area contributed by atoms with Gasteiger partial charge < -0.3 is 11.1 Å². The van der Waals surface area contributed by atoms with Crippen molar-refractivity contribution in [1.82, 2.24) is 4.98 Å². The number of nitrogens with zero attached hydrogens (tertiary/aromatic N) is 1. The van der Waals surface area contributed by atoms with Crippen molar-refractivity contribution < 1.29 is 13.2 Å². The van der Waals surface area contributed by atoms with Crippen molar-refractivity contribution in [3.63, 3.8) is 0 Å². The van der Waals surface area contributed by atoms with Crippen LogP contribution in [0, 0.1) is 13.8 Å². The molecule has 0 spiro atoms. The van der Waals surface area contributed by atoms with Gasteiger partial charge in [0, 0.05) is 5.69 Å². The summed E-state index contributed by atoms with van der Waals surface area (Å²) < 4.78 is 22.9. The van der Waals surface area contributed by atoms with Gasteiger partial charge in [0.15, 0.2) is 5.13 Å². The minimum absolute atomic E-state index is 0.0270. The van der Waals surface area contributed by atoms with Gasteiger partial charge in [-0.05, 0) is 31.5 Å². The Hall–Kier alpha value is -1.97. The van der Waals surface area contributed by atoms with Gasteiger partial charge in [-0.15, -0.1) is 0 Å². The van der Waals surface area contributed by atoms with Gasteiger partial charge in [0.2, 0.25) is 10.0 Å². The van der Waals surface area contributed by atoms with E-state index in [0.29, 0.717) is 27.0 Å². The number of benzene rings is 1. The molecular formula is C12H14N4O3S2. The number of sulfonamides is 1. The van der Waals surface area contributed by atoms with Crippen LogP contribution in [0.15, 0.2) is 23.1 Å². The van der Waals surface area contributed by atoms with Crippen LogP contribution in [0.2, 0.25) is 0 Å². The van der Waals surface area contributed by atoms with Gasteiger partial charge in [-0.3, -0.25) is 4.79 Å². The molecule has 0 saturated heterocycles. The first-order chi connectivity index (χ1) is 9.68. The summed E-state index contributed by atoms with van der Waals surface area (Å²) in [7, 11) is -3.84. The number of anilines is 2. The molecule has 0 fully saturated rings. The number of aromatic nitrogens is 1. The summed E-state index contributed by atoms with van der Waals surface area (Å²) in [6.45, 7) is 3.30. The van der Waals surface area contributed by atoms with Crippen molar-refractivity contribution in [2.75, 3.05) is 11.1 Å². The van der Waals surface area contributed by atoms with E-state index in [-0.39, 0.29) is 4.90 Å². The quantitative estimate of drug-likeness (QED) is 0.781. The lowest BCUT2D eigenvalue weighted by atomic mass is 10.2. The first-order valence-corrected chi connectivity index (χ1v) is 8.22. The zero-order chi connectivity index (χ0) is 15.8. The Morgan fingerprint density at radius 1 is 1.33 bits per heavy atom. The van der Waals surface area contributed by atoms with Crippen LogP contribution in [0.25, 0.3) is 0 Å². The third-order valence-corrected chi connectivity index (χ3v) is 4.81. The van der Waals surface area contributed by atoms with E-state index < -0.39 is 15.9 Å². The van der Waals surface area contributed by atoms with E-state index in [4.69, 9.17) is 10.9 Å². The van der Waals surface area contributed by atoms with Crippen LogP contribution >= 0.6 is 11.3 Å². The zero-order valence-electron chi connectivity index (χ0n) is 11.4. The molecule has 0 unspecified atom stereocenters. The third kappa shape index (κ3) is 3.38. The molecule has 21 heavy (non-hydrogen) atoms. The molecule has 0 saturated carbocycles. The lowest BCUT2D eigenvalue weighted by Crippen LogP contribution is -2.16. The summed E-state index contributed by atoms with van der Waals surface area (Å²) in [6, 6.07) is 4.49. The first-order valence-electron chi connectivity index (χ1n) is 5.86. The predicted molar refractivity (Wildman–Crippen MR) is 81.8 cm³/mol. The number of hydrogen-bond acceptors (Lipinski definition) is 6. The van der Waals surface area contributed by atoms with Crippen molar-refractivity contribution >= 4 is 38.1 Å². The lowest BCUT2D eigenvalue weighted by Gasteiger charge is -2.08. The maximum Gasteiger partial charge on any atom is 0.267 e. The van der Waals surface area contributed by atoms with Gasteiger partial charge in [-0.25, -0.2) is 18.5 Å². The summed E-state index contributed by atoms with van der Waals surface area (Å²) in [4.78, 5) is 16.4. The molecule has 5 N–H and O–H groups in total. The number of thiazole rings is 1. The standard InChI is InChI=1S/C12H14N4O3S2/c1-6-3-4-8(5-9(6)21(14,18)19)16-11(17)10-7(2)15-12(13)20-10/h3-5H,1-2H3,(H2,13,15)(H,16,17)(H2,14,18,19). The summed E-state index contributed by atoms with van der Waals surface area (Å²) in [5, 5.41) is 8.04. The van der Waals surface area contributed by atoms with Crippen molar-refractivity contribution in [1.29, 1.82) is 0 Å². The topological polar surface area (TPSA) is 128 Å². The highest BCUT2D eigenvalue weighted by Crippen LogP contribution is 2.23. The number of rotatable bonds is 3. The number of amides is 1. The molecular weight excluding hydrogens is 312 g/mol. The Balaban J connectivity index is 2.32. The molecule has 0 atom stereocenters. The number of carbonyl (C=O) groups excluding carboxylic acids is 1. The van der Waals surface area contributed by atoms with E-state index in [9.17, 15) is 13.2 Å². The smallest absolute Gasteiger partial charge is 0.267 e. The zero-order valence-corrected chi connectivity index (χ0v) is 13.0. The second kappa shape index (κ2) is 5.43. The number of primary sulfonamides is 1. The Bertz CT molecular complexity index is 812. The largest absolute Gasteiger partial charge is 0.375 e. The van der Waals surface area contributed by atoms with Crippen LogP contribution in [0.4, 0.5) is 10.8 Å². The van der Waals surface area contributed by atoms with E-state index in [2.05, 4.69) is 10.3 Å². The number of nitrogen functional groups attached to an aromatic ring is 1. The van der Waals surface area contributed by atoms with E-state index in [1.807, 2.05) is 0 Å². The fraction of sp³-hybridized carbons (Fsp3) is 0.167. The molecule has 2 rings (SSSR count). The van der Waals surface area contributed by atoms with Gasteiger partial charge >= 0.3 is 0 Å². The van der Waals surface area contributed by atoms with Crippen LogP contribution in [0.3, 0.4) is 0 Å². The molecule has 0 aliphatic rings. The van der Waals surface area contributed by atoms with E-state index >= 15 is 0 Å². The molecule has 2 aromatic rings. The summed E-state index contributed by atoms with van der Waals surface area (Å²) in [5.41, 5.74) is 6.91. The second-order valence-corrected chi connectivity index (χ2v) is 7.01. The van der Waals surface area contributed by atoms with Crippen LogP contribution in [0.5, 0.6) is 0 Å². The minimum Gasteiger partial charge on any atom is -0.375 e. The monoisotopic (exact) mass is 326 g/mol. The molecule has 1 heterocycles. The summed E-state index contributed by atoms with van der Waals surface area (Å²) in [6.07, 6.45) is 0. The number of nitrogens with one attached hydrogen (secondary N) is 1. The number of aryl methyl sites for hydroxylation is 2. The van der Waals surface area contributed by atoms with Crippen molar-refractivity contribution in [2.24, 2.45) is 5.14 Å². The van der Waals surface area contributed by atoms with Crippen LogP contribution in [-0.2, 0) is 10.0 Å². The lowest BCUT2D eigenvalue weighted by molar-refractivity contribution is 0.102. The Kier molecular flexibility index (Phi) is 3.99. The van der Waals surface area contributed by atoms with Crippen molar-refractivity contribution in [3.8, 4) is 0 Å². The average Bonchev–Trinajstić information content (AvgIpc) is 2.69. The predicted octanol–water partition coefficient (Wildman–Crippen LogP) is 1.24. The molecule has 0 aliphatic heterocycles. The number of carbonyl (C=O) groups is 1. The minimum atomic E-state index is -3.84. The van der Waals surface area contributed by atoms with E-state index in [1.54, 1.807) is 26.0 Å². The van der Waals surface area contributed by atoms with Gasteiger partial charge in [0.05, 0.1) is 10.6 Å². The Labute approximate surface area is 126 Å². The number of hydrogen-bond donors (Lipinski definition) is 3. The van der Waals surface area contributed by atoms with Crippen LogP contribution < -0.4 is 16.2 Å². The maximum absolute atomic E-state index is 12.1. The van der Waals surface area contributed by atoms with Crippen molar-refractivity contribution in [2.45, 2.75) is 18.7 Å². The molecule has 7 nitrogen and oxygen atoms in total. The van der Waals surface area contributed by atoms with E-state index in [1.165, 1.54) is 6.07 Å². The summed E-state index contributed by atoms with van der Waals surface area (Å²) >= 11 is 1.07. The van der Waals surface area contributed by atoms with Crippen molar-refractivity contribution in [3.05, 3.63) is 34.3 Å². The molecule has 1 amide bonds. The molecule has 1 aromatic heterocycles. The average molecular weight is 326 g/mol.